The normalized spacial score (nSPS) is 31.9. The van der Waals surface area contributed by atoms with Gasteiger partial charge in [-0.15, -0.1) is 0 Å². The van der Waals surface area contributed by atoms with Crippen LogP contribution in [0.15, 0.2) is 70.9 Å². The monoisotopic (exact) mass is 829 g/mol. The molecule has 2 aliphatic rings. The van der Waals surface area contributed by atoms with Gasteiger partial charge in [0.15, 0.2) is 5.79 Å². The van der Waals surface area contributed by atoms with Crippen molar-refractivity contribution in [2.45, 2.75) is 188 Å². The van der Waals surface area contributed by atoms with Gasteiger partial charge in [0.2, 0.25) is 0 Å². The van der Waals surface area contributed by atoms with E-state index in [9.17, 15) is 35.1 Å². The average Bonchev–Trinajstić information content (AvgIpc) is 3.20. The Balaban J connectivity index is 2.34. The van der Waals surface area contributed by atoms with Gasteiger partial charge in [-0.1, -0.05) is 101 Å². The summed E-state index contributed by atoms with van der Waals surface area (Å²) in [7, 11) is 1.65. The number of fused-ring (bicyclic) bond motifs is 2. The van der Waals surface area contributed by atoms with Gasteiger partial charge in [-0.25, -0.2) is 4.79 Å². The van der Waals surface area contributed by atoms with Gasteiger partial charge in [-0.2, -0.15) is 0 Å². The van der Waals surface area contributed by atoms with E-state index in [-0.39, 0.29) is 60.7 Å². The van der Waals surface area contributed by atoms with E-state index in [1.807, 2.05) is 91.0 Å². The maximum absolute atomic E-state index is 13.5. The van der Waals surface area contributed by atoms with Gasteiger partial charge in [0.05, 0.1) is 36.6 Å². The van der Waals surface area contributed by atoms with E-state index in [1.165, 1.54) is 0 Å². The Morgan fingerprint density at radius 3 is 2.36 bits per heavy atom. The van der Waals surface area contributed by atoms with Crippen LogP contribution in [0.4, 0.5) is 0 Å². The van der Waals surface area contributed by atoms with Crippen molar-refractivity contribution in [3.05, 3.63) is 70.9 Å². The molecule has 0 radical (unpaired) electrons. The number of rotatable bonds is 11. The van der Waals surface area contributed by atoms with Crippen molar-refractivity contribution in [1.29, 1.82) is 0 Å². The molecule has 336 valence electrons. The minimum atomic E-state index is -0.860. The van der Waals surface area contributed by atoms with Crippen molar-refractivity contribution in [3.8, 4) is 0 Å². The molecule has 10 nitrogen and oxygen atoms in total. The topological polar surface area (TPSA) is 163 Å². The average molecular weight is 829 g/mol. The number of allylic oxidation sites excluding steroid dienone is 6. The van der Waals surface area contributed by atoms with Crippen molar-refractivity contribution in [2.24, 2.45) is 29.6 Å². The summed E-state index contributed by atoms with van der Waals surface area (Å²) in [6.07, 6.45) is 15.5. The number of hydrogen-bond acceptors (Lipinski definition) is 10. The lowest BCUT2D eigenvalue weighted by Gasteiger charge is -2.44. The summed E-state index contributed by atoms with van der Waals surface area (Å²) in [6.45, 7) is 19.0. The highest BCUT2D eigenvalue weighted by Gasteiger charge is 2.43. The quantitative estimate of drug-likeness (QED) is 0.101. The summed E-state index contributed by atoms with van der Waals surface area (Å²) in [6, 6.07) is 0. The molecule has 2 bridgehead atoms. The van der Waals surface area contributed by atoms with Crippen LogP contribution < -0.4 is 0 Å². The third-order valence-electron chi connectivity index (χ3n) is 12.7. The van der Waals surface area contributed by atoms with Crippen LogP contribution in [0.5, 0.6) is 0 Å². The molecular weight excluding hydrogens is 749 g/mol. The number of ether oxygens (including phenoxy) is 3. The van der Waals surface area contributed by atoms with Crippen LogP contribution in [0.2, 0.25) is 0 Å². The molecule has 0 saturated carbocycles. The second-order valence-electron chi connectivity index (χ2n) is 17.9. The van der Waals surface area contributed by atoms with E-state index in [0.717, 1.165) is 29.6 Å². The number of cyclic esters (lactones) is 1. The maximum atomic E-state index is 13.5. The number of aliphatic hydroxyl groups is 5. The Morgan fingerprint density at radius 2 is 1.69 bits per heavy atom. The van der Waals surface area contributed by atoms with Gasteiger partial charge < -0.3 is 39.7 Å². The van der Waals surface area contributed by atoms with Crippen LogP contribution in [-0.2, 0) is 23.8 Å². The van der Waals surface area contributed by atoms with Gasteiger partial charge in [0, 0.05) is 55.6 Å². The molecule has 5 N–H and O–H groups in total. The van der Waals surface area contributed by atoms with Crippen LogP contribution in [0.1, 0.15) is 140 Å². The van der Waals surface area contributed by atoms with E-state index in [0.29, 0.717) is 44.1 Å². The third-order valence-corrected chi connectivity index (χ3v) is 12.7. The Morgan fingerprint density at radius 1 is 1.00 bits per heavy atom. The standard InChI is InChI=1S/C49H80O10/c1-12-42(51)39(10)46(55)28-40(50)21-18-31(2)27-37(8)47-30-45(54)34(5)17-15-13-14-16-33(4)44(53)29-41-22-20-38(9)49(57-11,59-41)25-24-32(3)26-36(7)43(52)23-19-35(6)48(56)58-47/h13-15,17-19,24,26,33-34,37-43,45-47,50-52,54-55H,12,16,20-23,25,27-30H2,1-11H3. The third kappa shape index (κ3) is 17.7. The number of esters is 1. The molecule has 0 aromatic rings. The van der Waals surface area contributed by atoms with Crippen molar-refractivity contribution in [3.63, 3.8) is 0 Å². The summed E-state index contributed by atoms with van der Waals surface area (Å²) < 4.78 is 18.7. The molecule has 1 fully saturated rings. The van der Waals surface area contributed by atoms with E-state index in [2.05, 4.69) is 6.92 Å². The molecule has 2 rings (SSSR count). The minimum Gasteiger partial charge on any atom is -0.459 e. The van der Waals surface area contributed by atoms with Crippen LogP contribution in [0.25, 0.3) is 0 Å². The predicted octanol–water partition coefficient (Wildman–Crippen LogP) is 8.42. The highest BCUT2D eigenvalue weighted by atomic mass is 16.7. The fourth-order valence-electron chi connectivity index (χ4n) is 7.86. The second kappa shape index (κ2) is 25.9. The molecule has 0 aromatic heterocycles. The molecule has 2 heterocycles. The van der Waals surface area contributed by atoms with Crippen LogP contribution in [-0.4, -0.2) is 92.9 Å². The Hall–Kier alpha value is -2.70. The van der Waals surface area contributed by atoms with Crippen LogP contribution in [0.3, 0.4) is 0 Å². The second-order valence-corrected chi connectivity index (χ2v) is 17.9. The van der Waals surface area contributed by atoms with Gasteiger partial charge >= 0.3 is 5.97 Å². The van der Waals surface area contributed by atoms with Crippen LogP contribution in [0, 0.1) is 29.6 Å². The van der Waals surface area contributed by atoms with Gasteiger partial charge in [-0.3, -0.25) is 4.79 Å². The fourth-order valence-corrected chi connectivity index (χ4v) is 7.86. The summed E-state index contributed by atoms with van der Waals surface area (Å²) >= 11 is 0. The lowest BCUT2D eigenvalue weighted by molar-refractivity contribution is -0.291. The molecule has 0 spiro atoms. The number of hydrogen-bond donors (Lipinski definition) is 5. The lowest BCUT2D eigenvalue weighted by Crippen LogP contribution is -2.48. The fraction of sp³-hybridized carbons (Fsp3) is 0.714. The Bertz CT molecular complexity index is 1490. The largest absolute Gasteiger partial charge is 0.459 e. The first-order chi connectivity index (χ1) is 27.7. The molecular formula is C49H80O10. The van der Waals surface area contributed by atoms with Crippen molar-refractivity contribution >= 4 is 11.8 Å². The molecule has 0 aliphatic carbocycles. The van der Waals surface area contributed by atoms with Gasteiger partial charge in [-0.05, 0) is 90.6 Å². The molecule has 0 aromatic carbocycles. The maximum Gasteiger partial charge on any atom is 0.333 e. The van der Waals surface area contributed by atoms with E-state index in [4.69, 9.17) is 14.2 Å². The molecule has 59 heavy (non-hydrogen) atoms. The number of aliphatic hydroxyl groups excluding tert-OH is 5. The predicted molar refractivity (Wildman–Crippen MR) is 235 cm³/mol. The molecule has 13 atom stereocenters. The number of carbonyl (C=O) groups is 2. The number of carbonyl (C=O) groups excluding carboxylic acids is 2. The molecule has 2 aliphatic heterocycles. The zero-order chi connectivity index (χ0) is 44.4. The summed E-state index contributed by atoms with van der Waals surface area (Å²) in [4.78, 5) is 26.8. The Kier molecular flexibility index (Phi) is 23.0. The van der Waals surface area contributed by atoms with Crippen LogP contribution >= 0.6 is 0 Å². The highest BCUT2D eigenvalue weighted by Crippen LogP contribution is 2.39. The number of methoxy groups -OCH3 is 1. The first-order valence-corrected chi connectivity index (χ1v) is 22.1. The van der Waals surface area contributed by atoms with Crippen molar-refractivity contribution < 1.29 is 49.3 Å². The number of ketones is 1. The van der Waals surface area contributed by atoms with Gasteiger partial charge in [0.1, 0.15) is 11.9 Å². The summed E-state index contributed by atoms with van der Waals surface area (Å²) in [5, 5.41) is 53.7. The molecule has 1 saturated heterocycles. The first kappa shape index (κ1) is 52.4. The summed E-state index contributed by atoms with van der Waals surface area (Å²) in [5.74, 6) is -2.09. The minimum absolute atomic E-state index is 0.121. The van der Waals surface area contributed by atoms with E-state index >= 15 is 0 Å². The molecule has 0 amide bonds. The van der Waals surface area contributed by atoms with E-state index < -0.39 is 48.4 Å². The summed E-state index contributed by atoms with van der Waals surface area (Å²) in [5.41, 5.74) is 3.01. The Labute approximate surface area is 356 Å². The molecule has 10 heteroatoms. The van der Waals surface area contributed by atoms with Crippen molar-refractivity contribution in [2.75, 3.05) is 7.11 Å². The zero-order valence-corrected chi connectivity index (χ0v) is 38.1. The lowest BCUT2D eigenvalue weighted by atomic mass is 9.85. The smallest absolute Gasteiger partial charge is 0.333 e. The number of Topliss-reactive ketones (excluding diaryl/α,β-unsaturated/α-hetero) is 1. The van der Waals surface area contributed by atoms with E-state index in [1.54, 1.807) is 27.0 Å². The SMILES string of the molecule is CCC(O)C(C)C(O)CC(O)CC=C(C)CC(C)C1CC(O)C(C)C=CC=CCC(C)C(=O)CC2CCC(C)C(OC)(CC=C(C)C=C(C)C(O)CC=C(C)C(=O)O1)O2. The highest BCUT2D eigenvalue weighted by molar-refractivity contribution is 5.87. The molecule has 13 unspecified atom stereocenters. The van der Waals surface area contributed by atoms with Crippen molar-refractivity contribution in [1.82, 2.24) is 0 Å². The first-order valence-electron chi connectivity index (χ1n) is 22.1. The van der Waals surface area contributed by atoms with Gasteiger partial charge in [0.25, 0.3) is 0 Å². The zero-order valence-electron chi connectivity index (χ0n) is 38.1.